The van der Waals surface area contributed by atoms with E-state index in [-0.39, 0.29) is 11.3 Å². The Labute approximate surface area is 121 Å². The minimum absolute atomic E-state index is 0.00195. The van der Waals surface area contributed by atoms with E-state index in [1.807, 2.05) is 0 Å². The number of carbonyl (C=O) groups excluding carboxylic acids is 1. The van der Waals surface area contributed by atoms with E-state index in [0.717, 1.165) is 38.4 Å². The first kappa shape index (κ1) is 15.6. The van der Waals surface area contributed by atoms with Gasteiger partial charge in [-0.25, -0.2) is 5.01 Å². The molecule has 4 nitrogen and oxygen atoms in total. The van der Waals surface area contributed by atoms with E-state index in [4.69, 9.17) is 0 Å². The van der Waals surface area contributed by atoms with Gasteiger partial charge in [-0.1, -0.05) is 12.5 Å². The molecule has 0 saturated carbocycles. The van der Waals surface area contributed by atoms with Crippen LogP contribution in [0.2, 0.25) is 0 Å². The standard InChI is InChI=1S/C14H18F3N3O/c1-18-12-10(6-5-7-11(12)14(15,16)17)13(21)19-20-8-3-2-4-9-20/h5-7,18H,2-4,8-9H2,1H3,(H,19,21). The highest BCUT2D eigenvalue weighted by molar-refractivity contribution is 6.00. The molecule has 0 aliphatic carbocycles. The molecule has 0 aromatic heterocycles. The van der Waals surface area contributed by atoms with Crippen LogP contribution in [0.5, 0.6) is 0 Å². The van der Waals surface area contributed by atoms with Crippen LogP contribution in [0.15, 0.2) is 18.2 Å². The second-order valence-corrected chi connectivity index (χ2v) is 4.96. The maximum Gasteiger partial charge on any atom is 0.418 e. The number of amides is 1. The van der Waals surface area contributed by atoms with Crippen LogP contribution < -0.4 is 10.7 Å². The Morgan fingerprint density at radius 2 is 1.86 bits per heavy atom. The number of para-hydroxylation sites is 1. The molecule has 1 saturated heterocycles. The first-order valence-electron chi connectivity index (χ1n) is 6.87. The molecule has 7 heteroatoms. The summed E-state index contributed by atoms with van der Waals surface area (Å²) in [4.78, 5) is 12.2. The number of halogens is 3. The van der Waals surface area contributed by atoms with E-state index >= 15 is 0 Å². The van der Waals surface area contributed by atoms with Crippen molar-refractivity contribution in [3.05, 3.63) is 29.3 Å². The van der Waals surface area contributed by atoms with Gasteiger partial charge in [-0.05, 0) is 25.0 Å². The summed E-state index contributed by atoms with van der Waals surface area (Å²) in [5.41, 5.74) is 1.64. The SMILES string of the molecule is CNc1c(C(=O)NN2CCCCC2)cccc1C(F)(F)F. The van der Waals surface area contributed by atoms with Gasteiger partial charge in [-0.2, -0.15) is 13.2 Å². The Morgan fingerprint density at radius 1 is 1.19 bits per heavy atom. The summed E-state index contributed by atoms with van der Waals surface area (Å²) >= 11 is 0. The Balaban J connectivity index is 2.24. The molecule has 21 heavy (non-hydrogen) atoms. The Bertz CT molecular complexity index is 511. The fourth-order valence-electron chi connectivity index (χ4n) is 2.46. The van der Waals surface area contributed by atoms with Gasteiger partial charge in [0.05, 0.1) is 16.8 Å². The topological polar surface area (TPSA) is 44.4 Å². The van der Waals surface area contributed by atoms with Gasteiger partial charge in [0.1, 0.15) is 0 Å². The molecule has 2 N–H and O–H groups in total. The summed E-state index contributed by atoms with van der Waals surface area (Å²) in [7, 11) is 1.38. The van der Waals surface area contributed by atoms with Crippen molar-refractivity contribution in [1.82, 2.24) is 10.4 Å². The number of rotatable bonds is 3. The molecule has 1 aliphatic rings. The number of nitrogens with one attached hydrogen (secondary N) is 2. The lowest BCUT2D eigenvalue weighted by atomic mass is 10.1. The van der Waals surface area contributed by atoms with Crippen molar-refractivity contribution in [1.29, 1.82) is 0 Å². The van der Waals surface area contributed by atoms with Gasteiger partial charge in [0.25, 0.3) is 5.91 Å². The molecule has 0 spiro atoms. The largest absolute Gasteiger partial charge is 0.418 e. The monoisotopic (exact) mass is 301 g/mol. The minimum atomic E-state index is -4.50. The van der Waals surface area contributed by atoms with Gasteiger partial charge in [0.2, 0.25) is 0 Å². The van der Waals surface area contributed by atoms with Crippen molar-refractivity contribution in [2.75, 3.05) is 25.5 Å². The highest BCUT2D eigenvalue weighted by atomic mass is 19.4. The zero-order chi connectivity index (χ0) is 15.5. The zero-order valence-corrected chi connectivity index (χ0v) is 11.8. The molecule has 2 rings (SSSR count). The summed E-state index contributed by atoms with van der Waals surface area (Å²) in [6, 6.07) is 3.60. The highest BCUT2D eigenvalue weighted by Crippen LogP contribution is 2.36. The number of nitrogens with zero attached hydrogens (tertiary/aromatic N) is 1. The molecule has 1 aliphatic heterocycles. The highest BCUT2D eigenvalue weighted by Gasteiger charge is 2.35. The Morgan fingerprint density at radius 3 is 2.43 bits per heavy atom. The minimum Gasteiger partial charge on any atom is -0.387 e. The van der Waals surface area contributed by atoms with Crippen LogP contribution in [0.4, 0.5) is 18.9 Å². The fraction of sp³-hybridized carbons (Fsp3) is 0.500. The molecule has 0 bridgehead atoms. The van der Waals surface area contributed by atoms with Gasteiger partial charge in [0, 0.05) is 20.1 Å². The lowest BCUT2D eigenvalue weighted by molar-refractivity contribution is -0.136. The molecule has 0 unspecified atom stereocenters. The molecule has 1 aromatic rings. The third kappa shape index (κ3) is 3.66. The third-order valence-electron chi connectivity index (χ3n) is 3.48. The van der Waals surface area contributed by atoms with Crippen LogP contribution in [0.1, 0.15) is 35.2 Å². The lowest BCUT2D eigenvalue weighted by Crippen LogP contribution is -2.45. The summed E-state index contributed by atoms with van der Waals surface area (Å²) in [6.07, 6.45) is -1.44. The predicted molar refractivity (Wildman–Crippen MR) is 73.9 cm³/mol. The number of hydrogen-bond donors (Lipinski definition) is 2. The van der Waals surface area contributed by atoms with Gasteiger partial charge in [-0.15, -0.1) is 0 Å². The van der Waals surface area contributed by atoms with Gasteiger partial charge < -0.3 is 5.32 Å². The first-order valence-corrected chi connectivity index (χ1v) is 6.87. The molecule has 1 amide bonds. The van der Waals surface area contributed by atoms with Crippen LogP contribution in [0.25, 0.3) is 0 Å². The molecule has 1 aromatic carbocycles. The quantitative estimate of drug-likeness (QED) is 0.902. The van der Waals surface area contributed by atoms with Crippen LogP contribution in [0, 0.1) is 0 Å². The first-order chi connectivity index (χ1) is 9.93. The average Bonchev–Trinajstić information content (AvgIpc) is 2.46. The van der Waals surface area contributed by atoms with Gasteiger partial charge in [0.15, 0.2) is 0 Å². The zero-order valence-electron chi connectivity index (χ0n) is 11.8. The number of anilines is 1. The molecule has 116 valence electrons. The number of benzene rings is 1. The average molecular weight is 301 g/mol. The van der Waals surface area contributed by atoms with Crippen molar-refractivity contribution >= 4 is 11.6 Å². The smallest absolute Gasteiger partial charge is 0.387 e. The summed E-state index contributed by atoms with van der Waals surface area (Å²) in [5, 5.41) is 4.25. The predicted octanol–water partition coefficient (Wildman–Crippen LogP) is 2.88. The van der Waals surface area contributed by atoms with Crippen LogP contribution in [-0.4, -0.2) is 31.1 Å². The molecule has 0 radical (unpaired) electrons. The van der Waals surface area contributed by atoms with Gasteiger partial charge >= 0.3 is 6.18 Å². The van der Waals surface area contributed by atoms with E-state index in [1.54, 1.807) is 5.01 Å². The lowest BCUT2D eigenvalue weighted by Gasteiger charge is -2.27. The van der Waals surface area contributed by atoms with Crippen molar-refractivity contribution in [3.8, 4) is 0 Å². The summed E-state index contributed by atoms with van der Waals surface area (Å²) in [6.45, 7) is 1.44. The summed E-state index contributed by atoms with van der Waals surface area (Å²) in [5.74, 6) is -0.521. The van der Waals surface area contributed by atoms with E-state index in [2.05, 4.69) is 10.7 Å². The number of piperidine rings is 1. The molecule has 0 atom stereocenters. The van der Waals surface area contributed by atoms with E-state index in [9.17, 15) is 18.0 Å². The Hall–Kier alpha value is -1.76. The second-order valence-electron chi connectivity index (χ2n) is 4.96. The van der Waals surface area contributed by atoms with Crippen LogP contribution >= 0.6 is 0 Å². The van der Waals surface area contributed by atoms with Crippen molar-refractivity contribution in [2.24, 2.45) is 0 Å². The van der Waals surface area contributed by atoms with Crippen molar-refractivity contribution < 1.29 is 18.0 Å². The molecular formula is C14H18F3N3O. The summed E-state index contributed by atoms with van der Waals surface area (Å²) < 4.78 is 38.9. The number of hydrazine groups is 1. The van der Waals surface area contributed by atoms with Crippen molar-refractivity contribution in [2.45, 2.75) is 25.4 Å². The molecular weight excluding hydrogens is 283 g/mol. The second kappa shape index (κ2) is 6.34. The fourth-order valence-corrected chi connectivity index (χ4v) is 2.46. The normalized spacial score (nSPS) is 16.6. The van der Waals surface area contributed by atoms with Crippen LogP contribution in [-0.2, 0) is 6.18 Å². The van der Waals surface area contributed by atoms with Crippen LogP contribution in [0.3, 0.4) is 0 Å². The maximum absolute atomic E-state index is 13.0. The van der Waals surface area contributed by atoms with Crippen molar-refractivity contribution in [3.63, 3.8) is 0 Å². The van der Waals surface area contributed by atoms with E-state index in [1.165, 1.54) is 19.2 Å². The van der Waals surface area contributed by atoms with E-state index in [0.29, 0.717) is 0 Å². The van der Waals surface area contributed by atoms with Gasteiger partial charge in [-0.3, -0.25) is 10.2 Å². The van der Waals surface area contributed by atoms with E-state index < -0.39 is 17.6 Å². The third-order valence-corrected chi connectivity index (χ3v) is 3.48. The maximum atomic E-state index is 13.0. The Kier molecular flexibility index (Phi) is 4.72. The number of alkyl halides is 3. The molecule has 1 heterocycles. The number of hydrogen-bond acceptors (Lipinski definition) is 3. The number of carbonyl (C=O) groups is 1. The molecule has 1 fully saturated rings.